The molecule has 0 radical (unpaired) electrons. The van der Waals surface area contributed by atoms with Crippen molar-refractivity contribution in [1.29, 1.82) is 0 Å². The van der Waals surface area contributed by atoms with Gasteiger partial charge in [-0.15, -0.1) is 0 Å². The average Bonchev–Trinajstić information content (AvgIpc) is 2.56. The zero-order valence-electron chi connectivity index (χ0n) is 7.56. The van der Waals surface area contributed by atoms with E-state index in [0.717, 1.165) is 0 Å². The molecule has 0 aliphatic carbocycles. The minimum atomic E-state index is 0.551. The van der Waals surface area contributed by atoms with Gasteiger partial charge < -0.3 is 4.74 Å². The summed E-state index contributed by atoms with van der Waals surface area (Å²) >= 11 is 0. The molecule has 0 spiro atoms. The average molecular weight is 132 g/mol. The minimum absolute atomic E-state index is 0.551. The molecule has 1 saturated heterocycles. The Kier molecular flexibility index (Phi) is 10.4. The first-order chi connectivity index (χ1) is 4.30. The van der Waals surface area contributed by atoms with Crippen LogP contribution in [0.5, 0.6) is 0 Å². The molecule has 9 heavy (non-hydrogen) atoms. The summed E-state index contributed by atoms with van der Waals surface area (Å²) in [6, 6.07) is 0. The lowest BCUT2D eigenvalue weighted by atomic mass is 10.4. The summed E-state index contributed by atoms with van der Waals surface area (Å²) in [5, 5.41) is 0. The van der Waals surface area contributed by atoms with E-state index in [1.807, 2.05) is 27.7 Å². The van der Waals surface area contributed by atoms with Crippen LogP contribution in [0, 0.1) is 0 Å². The zero-order valence-corrected chi connectivity index (χ0v) is 7.56. The van der Waals surface area contributed by atoms with Crippen LogP contribution in [0.4, 0.5) is 0 Å². The second-order valence-electron chi connectivity index (χ2n) is 1.55. The van der Waals surface area contributed by atoms with Crippen molar-refractivity contribution in [3.05, 3.63) is 0 Å². The van der Waals surface area contributed by atoms with Crippen LogP contribution in [0.25, 0.3) is 0 Å². The standard InChI is InChI=1S/C4H8O.2C2H6/c1-3-4(2)5-3;2*1-2/h3-4H,1-2H3;2*1-2H3. The highest BCUT2D eigenvalue weighted by Crippen LogP contribution is 2.18. The van der Waals surface area contributed by atoms with Gasteiger partial charge in [-0.1, -0.05) is 27.7 Å². The van der Waals surface area contributed by atoms with E-state index in [1.54, 1.807) is 0 Å². The lowest BCUT2D eigenvalue weighted by Crippen LogP contribution is -1.74. The summed E-state index contributed by atoms with van der Waals surface area (Å²) in [4.78, 5) is 0. The van der Waals surface area contributed by atoms with Crippen LogP contribution in [0.3, 0.4) is 0 Å². The van der Waals surface area contributed by atoms with Gasteiger partial charge in [0.05, 0.1) is 12.2 Å². The summed E-state index contributed by atoms with van der Waals surface area (Å²) < 4.78 is 4.92. The Bertz CT molecular complexity index is 37.8. The van der Waals surface area contributed by atoms with Crippen molar-refractivity contribution in [2.45, 2.75) is 53.8 Å². The highest BCUT2D eigenvalue weighted by atomic mass is 16.6. The fourth-order valence-electron chi connectivity index (χ4n) is 0.293. The van der Waals surface area contributed by atoms with E-state index in [9.17, 15) is 0 Å². The predicted octanol–water partition coefficient (Wildman–Crippen LogP) is 2.85. The van der Waals surface area contributed by atoms with Crippen LogP contribution < -0.4 is 0 Å². The molecular weight excluding hydrogens is 112 g/mol. The summed E-state index contributed by atoms with van der Waals surface area (Å²) in [6.45, 7) is 12.1. The molecule has 1 heteroatoms. The Morgan fingerprint density at radius 1 is 0.778 bits per heavy atom. The van der Waals surface area contributed by atoms with Crippen molar-refractivity contribution in [2.24, 2.45) is 0 Å². The fraction of sp³-hybridized carbons (Fsp3) is 1.00. The zero-order chi connectivity index (χ0) is 7.86. The molecule has 0 aromatic rings. The predicted molar refractivity (Wildman–Crippen MR) is 42.7 cm³/mol. The van der Waals surface area contributed by atoms with E-state index in [4.69, 9.17) is 4.74 Å². The van der Waals surface area contributed by atoms with Crippen LogP contribution in [0.15, 0.2) is 0 Å². The molecule has 0 N–H and O–H groups in total. The summed E-state index contributed by atoms with van der Waals surface area (Å²) in [5.74, 6) is 0. The van der Waals surface area contributed by atoms with Crippen LogP contribution >= 0.6 is 0 Å². The van der Waals surface area contributed by atoms with Crippen molar-refractivity contribution in [3.63, 3.8) is 0 Å². The van der Waals surface area contributed by atoms with Gasteiger partial charge >= 0.3 is 0 Å². The first-order valence-electron chi connectivity index (χ1n) is 3.96. The molecular formula is C8H20O. The van der Waals surface area contributed by atoms with Crippen LogP contribution in [0.2, 0.25) is 0 Å². The molecule has 1 fully saturated rings. The van der Waals surface area contributed by atoms with Crippen molar-refractivity contribution in [2.75, 3.05) is 0 Å². The van der Waals surface area contributed by atoms with Crippen molar-refractivity contribution < 1.29 is 4.74 Å². The van der Waals surface area contributed by atoms with E-state index >= 15 is 0 Å². The third-order valence-corrected chi connectivity index (χ3v) is 1.01. The van der Waals surface area contributed by atoms with Crippen LogP contribution in [0.1, 0.15) is 41.5 Å². The molecule has 1 aliphatic heterocycles. The quantitative estimate of drug-likeness (QED) is 0.462. The highest BCUT2D eigenvalue weighted by Gasteiger charge is 2.27. The van der Waals surface area contributed by atoms with Crippen molar-refractivity contribution in [3.8, 4) is 0 Å². The maximum atomic E-state index is 4.92. The number of hydrogen-bond donors (Lipinski definition) is 0. The maximum absolute atomic E-state index is 4.92. The van der Waals surface area contributed by atoms with Crippen LogP contribution in [-0.4, -0.2) is 12.2 Å². The monoisotopic (exact) mass is 132 g/mol. The fourth-order valence-corrected chi connectivity index (χ4v) is 0.293. The topological polar surface area (TPSA) is 12.5 Å². The third-order valence-electron chi connectivity index (χ3n) is 1.01. The molecule has 2 atom stereocenters. The molecule has 1 aliphatic rings. The molecule has 1 heterocycles. The maximum Gasteiger partial charge on any atom is 0.0811 e. The van der Waals surface area contributed by atoms with Crippen molar-refractivity contribution in [1.82, 2.24) is 0 Å². The smallest absolute Gasteiger partial charge is 0.0811 e. The van der Waals surface area contributed by atoms with E-state index in [0.29, 0.717) is 12.2 Å². The molecule has 58 valence electrons. The van der Waals surface area contributed by atoms with E-state index in [2.05, 4.69) is 13.8 Å². The van der Waals surface area contributed by atoms with Gasteiger partial charge in [0, 0.05) is 0 Å². The second-order valence-corrected chi connectivity index (χ2v) is 1.55. The summed E-state index contributed by atoms with van der Waals surface area (Å²) in [6.07, 6.45) is 1.10. The summed E-state index contributed by atoms with van der Waals surface area (Å²) in [7, 11) is 0. The number of epoxide rings is 1. The van der Waals surface area contributed by atoms with Gasteiger partial charge in [-0.25, -0.2) is 0 Å². The second kappa shape index (κ2) is 7.96. The first kappa shape index (κ1) is 11.7. The Labute approximate surface area is 59.4 Å². The Morgan fingerprint density at radius 2 is 0.889 bits per heavy atom. The molecule has 0 aromatic carbocycles. The lowest BCUT2D eigenvalue weighted by molar-refractivity contribution is 0.389. The normalized spacial score (nSPS) is 28.7. The highest BCUT2D eigenvalue weighted by molar-refractivity contribution is 4.73. The number of ether oxygens (including phenoxy) is 1. The van der Waals surface area contributed by atoms with Gasteiger partial charge in [0.25, 0.3) is 0 Å². The van der Waals surface area contributed by atoms with Gasteiger partial charge in [-0.2, -0.15) is 0 Å². The number of rotatable bonds is 0. The van der Waals surface area contributed by atoms with E-state index in [1.165, 1.54) is 0 Å². The third kappa shape index (κ3) is 7.96. The lowest BCUT2D eigenvalue weighted by Gasteiger charge is -1.57. The molecule has 1 rings (SSSR count). The molecule has 1 nitrogen and oxygen atoms in total. The van der Waals surface area contributed by atoms with Gasteiger partial charge in [0.15, 0.2) is 0 Å². The molecule has 2 unspecified atom stereocenters. The Hall–Kier alpha value is -0.0400. The van der Waals surface area contributed by atoms with E-state index < -0.39 is 0 Å². The van der Waals surface area contributed by atoms with Gasteiger partial charge in [0.1, 0.15) is 0 Å². The van der Waals surface area contributed by atoms with Crippen molar-refractivity contribution >= 4 is 0 Å². The van der Waals surface area contributed by atoms with Crippen LogP contribution in [-0.2, 0) is 4.74 Å². The molecule has 0 amide bonds. The number of hydrogen-bond acceptors (Lipinski definition) is 1. The SMILES string of the molecule is CC.CC.CC1OC1C. The Morgan fingerprint density at radius 3 is 0.889 bits per heavy atom. The summed E-state index contributed by atoms with van der Waals surface area (Å²) in [5.41, 5.74) is 0. The Balaban J connectivity index is 0. The molecule has 0 aromatic heterocycles. The molecule has 0 bridgehead atoms. The first-order valence-corrected chi connectivity index (χ1v) is 3.96. The minimum Gasteiger partial charge on any atom is -0.370 e. The van der Waals surface area contributed by atoms with Gasteiger partial charge in [-0.05, 0) is 13.8 Å². The largest absolute Gasteiger partial charge is 0.370 e. The van der Waals surface area contributed by atoms with Gasteiger partial charge in [0.2, 0.25) is 0 Å². The van der Waals surface area contributed by atoms with Gasteiger partial charge in [-0.3, -0.25) is 0 Å². The van der Waals surface area contributed by atoms with E-state index in [-0.39, 0.29) is 0 Å². The molecule has 0 saturated carbocycles.